The Morgan fingerprint density at radius 2 is 2.14 bits per heavy atom. The SMILES string of the molecule is COc1ccccc1C1OC[C@H](C)O1. The van der Waals surface area contributed by atoms with Crippen LogP contribution in [0.3, 0.4) is 0 Å². The van der Waals surface area contributed by atoms with E-state index < -0.39 is 0 Å². The normalized spacial score (nSPS) is 26.4. The average Bonchev–Trinajstić information content (AvgIpc) is 2.65. The molecule has 1 aromatic rings. The molecule has 76 valence electrons. The van der Waals surface area contributed by atoms with Crippen LogP contribution in [0.25, 0.3) is 0 Å². The maximum Gasteiger partial charge on any atom is 0.187 e. The highest BCUT2D eigenvalue weighted by molar-refractivity contribution is 5.34. The first-order valence-corrected chi connectivity index (χ1v) is 4.71. The number of ether oxygens (including phenoxy) is 3. The monoisotopic (exact) mass is 194 g/mol. The van der Waals surface area contributed by atoms with Crippen LogP contribution < -0.4 is 4.74 Å². The van der Waals surface area contributed by atoms with Gasteiger partial charge in [-0.25, -0.2) is 0 Å². The van der Waals surface area contributed by atoms with Crippen molar-refractivity contribution in [2.45, 2.75) is 19.3 Å². The Morgan fingerprint density at radius 1 is 1.36 bits per heavy atom. The molecule has 0 aromatic heterocycles. The van der Waals surface area contributed by atoms with Crippen molar-refractivity contribution in [2.24, 2.45) is 0 Å². The molecule has 0 radical (unpaired) electrons. The Morgan fingerprint density at radius 3 is 2.79 bits per heavy atom. The summed E-state index contributed by atoms with van der Waals surface area (Å²) in [5.41, 5.74) is 0.958. The van der Waals surface area contributed by atoms with Gasteiger partial charge in [0.2, 0.25) is 0 Å². The third-order valence-electron chi connectivity index (χ3n) is 2.23. The van der Waals surface area contributed by atoms with Crippen LogP contribution in [0, 0.1) is 0 Å². The summed E-state index contributed by atoms with van der Waals surface area (Å²) in [5.74, 6) is 0.812. The Balaban J connectivity index is 2.22. The van der Waals surface area contributed by atoms with E-state index >= 15 is 0 Å². The molecule has 1 heterocycles. The van der Waals surface area contributed by atoms with E-state index in [2.05, 4.69) is 0 Å². The fourth-order valence-electron chi connectivity index (χ4n) is 1.54. The lowest BCUT2D eigenvalue weighted by Crippen LogP contribution is -2.03. The molecule has 0 saturated carbocycles. The topological polar surface area (TPSA) is 27.7 Å². The van der Waals surface area contributed by atoms with E-state index in [-0.39, 0.29) is 12.4 Å². The van der Waals surface area contributed by atoms with Crippen LogP contribution in [0.5, 0.6) is 5.75 Å². The highest BCUT2D eigenvalue weighted by atomic mass is 16.7. The molecule has 3 heteroatoms. The van der Waals surface area contributed by atoms with E-state index in [0.29, 0.717) is 6.61 Å². The van der Waals surface area contributed by atoms with Gasteiger partial charge in [-0.3, -0.25) is 0 Å². The van der Waals surface area contributed by atoms with E-state index in [1.807, 2.05) is 31.2 Å². The predicted octanol–water partition coefficient (Wildman–Crippen LogP) is 2.13. The summed E-state index contributed by atoms with van der Waals surface area (Å²) in [6.07, 6.45) is -0.119. The highest BCUT2D eigenvalue weighted by Crippen LogP contribution is 2.32. The van der Waals surface area contributed by atoms with Crippen molar-refractivity contribution in [1.82, 2.24) is 0 Å². The maximum absolute atomic E-state index is 5.59. The van der Waals surface area contributed by atoms with Crippen LogP contribution in [0.15, 0.2) is 24.3 Å². The smallest absolute Gasteiger partial charge is 0.187 e. The van der Waals surface area contributed by atoms with E-state index in [1.165, 1.54) is 0 Å². The molecule has 0 N–H and O–H groups in total. The Hall–Kier alpha value is -1.06. The molecule has 1 aromatic carbocycles. The molecule has 2 rings (SSSR count). The zero-order chi connectivity index (χ0) is 9.97. The van der Waals surface area contributed by atoms with Crippen molar-refractivity contribution in [3.8, 4) is 5.75 Å². The van der Waals surface area contributed by atoms with E-state index in [4.69, 9.17) is 14.2 Å². The molecule has 0 amide bonds. The molecule has 14 heavy (non-hydrogen) atoms. The van der Waals surface area contributed by atoms with Gasteiger partial charge in [0, 0.05) is 5.56 Å². The van der Waals surface area contributed by atoms with Crippen LogP contribution in [-0.4, -0.2) is 19.8 Å². The zero-order valence-corrected chi connectivity index (χ0v) is 8.40. The van der Waals surface area contributed by atoms with Crippen molar-refractivity contribution >= 4 is 0 Å². The molecule has 0 bridgehead atoms. The highest BCUT2D eigenvalue weighted by Gasteiger charge is 2.26. The number of rotatable bonds is 2. The third kappa shape index (κ3) is 1.74. The first kappa shape index (κ1) is 9.49. The third-order valence-corrected chi connectivity index (χ3v) is 2.23. The molecule has 3 nitrogen and oxygen atoms in total. The van der Waals surface area contributed by atoms with Gasteiger partial charge in [-0.15, -0.1) is 0 Å². The lowest BCUT2D eigenvalue weighted by molar-refractivity contribution is -0.0584. The Bertz CT molecular complexity index is 311. The largest absolute Gasteiger partial charge is 0.496 e. The zero-order valence-electron chi connectivity index (χ0n) is 8.40. The average molecular weight is 194 g/mol. The molecular formula is C11H14O3. The summed E-state index contributed by atoms with van der Waals surface area (Å²) in [6, 6.07) is 7.75. The first-order valence-electron chi connectivity index (χ1n) is 4.71. The van der Waals surface area contributed by atoms with Gasteiger partial charge in [0.05, 0.1) is 19.8 Å². The second-order valence-electron chi connectivity index (χ2n) is 3.35. The molecular weight excluding hydrogens is 180 g/mol. The number of para-hydroxylation sites is 1. The fraction of sp³-hybridized carbons (Fsp3) is 0.455. The molecule has 1 aliphatic heterocycles. The quantitative estimate of drug-likeness (QED) is 0.721. The summed E-state index contributed by atoms with van der Waals surface area (Å²) in [5, 5.41) is 0. The van der Waals surface area contributed by atoms with Gasteiger partial charge < -0.3 is 14.2 Å². The molecule has 0 aliphatic carbocycles. The van der Waals surface area contributed by atoms with Crippen molar-refractivity contribution < 1.29 is 14.2 Å². The fourth-order valence-corrected chi connectivity index (χ4v) is 1.54. The van der Waals surface area contributed by atoms with Gasteiger partial charge in [0.15, 0.2) is 6.29 Å². The first-order chi connectivity index (χ1) is 6.81. The molecule has 2 atom stereocenters. The Labute approximate surface area is 83.6 Å². The van der Waals surface area contributed by atoms with Crippen molar-refractivity contribution in [3.05, 3.63) is 29.8 Å². The van der Waals surface area contributed by atoms with Crippen LogP contribution >= 0.6 is 0 Å². The lowest BCUT2D eigenvalue weighted by atomic mass is 10.2. The van der Waals surface area contributed by atoms with Gasteiger partial charge in [-0.05, 0) is 13.0 Å². The number of hydrogen-bond donors (Lipinski definition) is 0. The minimum atomic E-state index is -0.277. The number of methoxy groups -OCH3 is 1. The van der Waals surface area contributed by atoms with Crippen LogP contribution in [-0.2, 0) is 9.47 Å². The molecule has 0 spiro atoms. The predicted molar refractivity (Wildman–Crippen MR) is 52.2 cm³/mol. The Kier molecular flexibility index (Phi) is 2.70. The number of hydrogen-bond acceptors (Lipinski definition) is 3. The van der Waals surface area contributed by atoms with Crippen molar-refractivity contribution in [1.29, 1.82) is 0 Å². The van der Waals surface area contributed by atoms with E-state index in [9.17, 15) is 0 Å². The minimum Gasteiger partial charge on any atom is -0.496 e. The van der Waals surface area contributed by atoms with E-state index in [1.54, 1.807) is 7.11 Å². The molecule has 1 unspecified atom stereocenters. The maximum atomic E-state index is 5.59. The second kappa shape index (κ2) is 3.98. The summed E-state index contributed by atoms with van der Waals surface area (Å²) >= 11 is 0. The van der Waals surface area contributed by atoms with Crippen molar-refractivity contribution in [3.63, 3.8) is 0 Å². The van der Waals surface area contributed by atoms with Gasteiger partial charge in [0.1, 0.15) is 5.75 Å². The summed E-state index contributed by atoms with van der Waals surface area (Å²) in [7, 11) is 1.65. The van der Waals surface area contributed by atoms with Crippen LogP contribution in [0.2, 0.25) is 0 Å². The molecule has 1 fully saturated rings. The van der Waals surface area contributed by atoms with Gasteiger partial charge in [-0.1, -0.05) is 18.2 Å². The van der Waals surface area contributed by atoms with Gasteiger partial charge in [0.25, 0.3) is 0 Å². The summed E-state index contributed by atoms with van der Waals surface area (Å²) in [4.78, 5) is 0. The van der Waals surface area contributed by atoms with Crippen molar-refractivity contribution in [2.75, 3.05) is 13.7 Å². The summed E-state index contributed by atoms with van der Waals surface area (Å²) < 4.78 is 16.3. The number of benzene rings is 1. The molecule has 1 saturated heterocycles. The standard InChI is InChI=1S/C11H14O3/c1-8-7-13-11(14-8)9-5-3-4-6-10(9)12-2/h3-6,8,11H,7H2,1-2H3/t8-,11?/m0/s1. The second-order valence-corrected chi connectivity index (χ2v) is 3.35. The minimum absolute atomic E-state index is 0.157. The van der Waals surface area contributed by atoms with Gasteiger partial charge >= 0.3 is 0 Å². The van der Waals surface area contributed by atoms with Gasteiger partial charge in [-0.2, -0.15) is 0 Å². The lowest BCUT2D eigenvalue weighted by Gasteiger charge is -2.13. The van der Waals surface area contributed by atoms with Crippen LogP contribution in [0.1, 0.15) is 18.8 Å². The molecule has 1 aliphatic rings. The van der Waals surface area contributed by atoms with E-state index in [0.717, 1.165) is 11.3 Å². The summed E-state index contributed by atoms with van der Waals surface area (Å²) in [6.45, 7) is 2.64. The van der Waals surface area contributed by atoms with Crippen LogP contribution in [0.4, 0.5) is 0 Å².